The Morgan fingerprint density at radius 2 is 2.24 bits per heavy atom. The van der Waals surface area contributed by atoms with Crippen molar-refractivity contribution in [3.05, 3.63) is 12.2 Å². The molecule has 0 fully saturated rings. The third-order valence-electron chi connectivity index (χ3n) is 1.93. The minimum atomic E-state index is -1.53. The summed E-state index contributed by atoms with van der Waals surface area (Å²) in [4.78, 5) is 10.7. The van der Waals surface area contributed by atoms with E-state index < -0.39 is 25.9 Å². The molecule has 17 heavy (non-hydrogen) atoms. The minimum absolute atomic E-state index is 0.0128. The molecule has 1 aliphatic heterocycles. The Bertz CT molecular complexity index is 386. The van der Waals surface area contributed by atoms with Gasteiger partial charge < -0.3 is 14.6 Å². The van der Waals surface area contributed by atoms with Crippen LogP contribution in [0.3, 0.4) is 0 Å². The number of ether oxygens (including phenoxy) is 2. The first-order valence-corrected chi connectivity index (χ1v) is 8.95. The molecule has 0 spiro atoms. The summed E-state index contributed by atoms with van der Waals surface area (Å²) in [6, 6.07) is 0. The lowest BCUT2D eigenvalue weighted by molar-refractivity contribution is -0.174. The summed E-state index contributed by atoms with van der Waals surface area (Å²) in [6.07, 6.45) is 2.31. The SMILES string of the molecule is CC(=O)O[C@@H]1C=C[C@@](O)(C#C[Si](C)(C)C)CO1. The Hall–Kier alpha value is -1.09. The number of esters is 1. The van der Waals surface area contributed by atoms with Crippen molar-refractivity contribution in [2.75, 3.05) is 6.61 Å². The first-order chi connectivity index (χ1) is 7.70. The smallest absolute Gasteiger partial charge is 0.305 e. The average molecular weight is 254 g/mol. The number of hydrogen-bond acceptors (Lipinski definition) is 4. The van der Waals surface area contributed by atoms with E-state index in [0.29, 0.717) is 0 Å². The van der Waals surface area contributed by atoms with E-state index in [1.54, 1.807) is 0 Å². The minimum Gasteiger partial charge on any atom is -0.432 e. The monoisotopic (exact) mass is 254 g/mol. The van der Waals surface area contributed by atoms with E-state index >= 15 is 0 Å². The number of carbonyl (C=O) groups excluding carboxylic acids is 1. The molecule has 0 aromatic carbocycles. The van der Waals surface area contributed by atoms with Crippen molar-refractivity contribution in [1.82, 2.24) is 0 Å². The second-order valence-corrected chi connectivity index (χ2v) is 9.82. The summed E-state index contributed by atoms with van der Waals surface area (Å²) in [7, 11) is -1.53. The maximum atomic E-state index is 10.7. The van der Waals surface area contributed by atoms with Crippen LogP contribution < -0.4 is 0 Å². The van der Waals surface area contributed by atoms with Crippen molar-refractivity contribution in [2.24, 2.45) is 0 Å². The summed E-state index contributed by atoms with van der Waals surface area (Å²) in [5.74, 6) is 2.41. The van der Waals surface area contributed by atoms with Crippen LogP contribution in [0.4, 0.5) is 0 Å². The van der Waals surface area contributed by atoms with E-state index in [1.165, 1.54) is 19.1 Å². The molecule has 0 aliphatic carbocycles. The van der Waals surface area contributed by atoms with E-state index in [4.69, 9.17) is 9.47 Å². The van der Waals surface area contributed by atoms with Crippen LogP contribution in [0.5, 0.6) is 0 Å². The average Bonchev–Trinajstić information content (AvgIpc) is 2.18. The van der Waals surface area contributed by atoms with Gasteiger partial charge in [0.25, 0.3) is 0 Å². The van der Waals surface area contributed by atoms with Gasteiger partial charge in [-0.3, -0.25) is 4.79 Å². The Balaban J connectivity index is 2.70. The van der Waals surface area contributed by atoms with Crippen molar-refractivity contribution in [2.45, 2.75) is 38.5 Å². The van der Waals surface area contributed by atoms with Crippen LogP contribution in [0.15, 0.2) is 12.2 Å². The van der Waals surface area contributed by atoms with Gasteiger partial charge in [0.05, 0.1) is 6.61 Å². The summed E-state index contributed by atoms with van der Waals surface area (Å²) < 4.78 is 10.0. The van der Waals surface area contributed by atoms with Gasteiger partial charge in [-0.1, -0.05) is 25.6 Å². The van der Waals surface area contributed by atoms with E-state index in [2.05, 4.69) is 31.1 Å². The van der Waals surface area contributed by atoms with Crippen LogP contribution in [0, 0.1) is 11.5 Å². The second kappa shape index (κ2) is 5.04. The van der Waals surface area contributed by atoms with Crippen molar-refractivity contribution >= 4 is 14.0 Å². The van der Waals surface area contributed by atoms with Crippen LogP contribution in [0.1, 0.15) is 6.92 Å². The molecular formula is C12H18O4Si. The molecule has 0 saturated heterocycles. The van der Waals surface area contributed by atoms with Crippen molar-refractivity contribution in [3.63, 3.8) is 0 Å². The van der Waals surface area contributed by atoms with Gasteiger partial charge in [-0.2, -0.15) is 0 Å². The molecule has 2 atom stereocenters. The quantitative estimate of drug-likeness (QED) is 0.329. The van der Waals surface area contributed by atoms with Crippen LogP contribution in [0.25, 0.3) is 0 Å². The molecule has 94 valence electrons. The van der Waals surface area contributed by atoms with Gasteiger partial charge in [-0.25, -0.2) is 0 Å². The fourth-order valence-electron chi connectivity index (χ4n) is 1.16. The number of aliphatic hydroxyl groups is 1. The molecule has 0 radical (unpaired) electrons. The van der Waals surface area contributed by atoms with Crippen LogP contribution in [-0.4, -0.2) is 37.6 Å². The lowest BCUT2D eigenvalue weighted by Gasteiger charge is -2.26. The maximum absolute atomic E-state index is 10.7. The number of rotatable bonds is 1. The molecule has 0 bridgehead atoms. The fourth-order valence-corrected chi connectivity index (χ4v) is 1.75. The van der Waals surface area contributed by atoms with E-state index in [9.17, 15) is 9.90 Å². The highest BCUT2D eigenvalue weighted by molar-refractivity contribution is 6.83. The molecule has 1 heterocycles. The normalized spacial score (nSPS) is 28.2. The maximum Gasteiger partial charge on any atom is 0.305 e. The van der Waals surface area contributed by atoms with E-state index in [1.807, 2.05) is 0 Å². The van der Waals surface area contributed by atoms with Gasteiger partial charge in [-0.05, 0) is 12.2 Å². The predicted molar refractivity (Wildman–Crippen MR) is 66.7 cm³/mol. The summed E-state index contributed by atoms with van der Waals surface area (Å²) in [5, 5.41) is 10.1. The predicted octanol–water partition coefficient (Wildman–Crippen LogP) is 1.07. The third kappa shape index (κ3) is 5.17. The van der Waals surface area contributed by atoms with E-state index in [0.717, 1.165) is 0 Å². The summed E-state index contributed by atoms with van der Waals surface area (Å²) >= 11 is 0. The van der Waals surface area contributed by atoms with Crippen molar-refractivity contribution < 1.29 is 19.4 Å². The molecule has 0 aromatic rings. The molecule has 1 aliphatic rings. The highest BCUT2D eigenvalue weighted by atomic mass is 28.3. The van der Waals surface area contributed by atoms with Crippen LogP contribution >= 0.6 is 0 Å². The summed E-state index contributed by atoms with van der Waals surface area (Å²) in [5.41, 5.74) is 1.82. The van der Waals surface area contributed by atoms with Gasteiger partial charge in [0.1, 0.15) is 8.07 Å². The molecular weight excluding hydrogens is 236 g/mol. The largest absolute Gasteiger partial charge is 0.432 e. The third-order valence-corrected chi connectivity index (χ3v) is 2.81. The van der Waals surface area contributed by atoms with Gasteiger partial charge in [0.2, 0.25) is 6.29 Å². The van der Waals surface area contributed by atoms with Gasteiger partial charge >= 0.3 is 5.97 Å². The number of hydrogen-bond donors (Lipinski definition) is 1. The van der Waals surface area contributed by atoms with Gasteiger partial charge in [-0.15, -0.1) is 5.54 Å². The Kier molecular flexibility index (Phi) is 4.15. The first kappa shape index (κ1) is 14.0. The van der Waals surface area contributed by atoms with E-state index in [-0.39, 0.29) is 6.61 Å². The Morgan fingerprint density at radius 3 is 2.65 bits per heavy atom. The van der Waals surface area contributed by atoms with Crippen molar-refractivity contribution in [1.29, 1.82) is 0 Å². The number of carbonyl (C=O) groups is 1. The summed E-state index contributed by atoms with van der Waals surface area (Å²) in [6.45, 7) is 7.61. The van der Waals surface area contributed by atoms with Gasteiger partial charge in [0, 0.05) is 6.92 Å². The molecule has 0 saturated carbocycles. The standard InChI is InChI=1S/C12H18O4Si/c1-10(13)16-11-5-6-12(14,9-15-11)7-8-17(2,3)4/h5-6,11,14H,9H2,1-4H3/t11-,12-/m1/s1. The molecule has 0 aromatic heterocycles. The highest BCUT2D eigenvalue weighted by Gasteiger charge is 2.28. The zero-order valence-electron chi connectivity index (χ0n) is 10.6. The Labute approximate surface area is 103 Å². The first-order valence-electron chi connectivity index (χ1n) is 5.45. The molecule has 1 N–H and O–H groups in total. The molecule has 0 unspecified atom stereocenters. The van der Waals surface area contributed by atoms with Crippen molar-refractivity contribution in [3.8, 4) is 11.5 Å². The molecule has 1 rings (SSSR count). The topological polar surface area (TPSA) is 55.8 Å². The Morgan fingerprint density at radius 1 is 1.59 bits per heavy atom. The zero-order valence-corrected chi connectivity index (χ0v) is 11.6. The second-order valence-electron chi connectivity index (χ2n) is 5.07. The van der Waals surface area contributed by atoms with Crippen LogP contribution in [0.2, 0.25) is 19.6 Å². The lowest BCUT2D eigenvalue weighted by Crippen LogP contribution is -2.38. The van der Waals surface area contributed by atoms with Gasteiger partial charge in [0.15, 0.2) is 5.60 Å². The molecule has 4 nitrogen and oxygen atoms in total. The molecule has 5 heteroatoms. The highest BCUT2D eigenvalue weighted by Crippen LogP contribution is 2.16. The fraction of sp³-hybridized carbons (Fsp3) is 0.583. The zero-order chi connectivity index (χ0) is 13.1. The molecule has 0 amide bonds. The lowest BCUT2D eigenvalue weighted by atomic mass is 10.0. The van der Waals surface area contributed by atoms with Crippen LogP contribution in [-0.2, 0) is 14.3 Å².